The largest absolute Gasteiger partial charge is 0.462 e. The molecule has 0 saturated heterocycles. The van der Waals surface area contributed by atoms with Crippen LogP contribution in [0, 0.1) is 18.3 Å². The summed E-state index contributed by atoms with van der Waals surface area (Å²) in [7, 11) is 0. The van der Waals surface area contributed by atoms with Crippen molar-refractivity contribution in [1.82, 2.24) is 0 Å². The molecule has 0 aromatic heterocycles. The van der Waals surface area contributed by atoms with E-state index in [0.717, 1.165) is 0 Å². The van der Waals surface area contributed by atoms with Gasteiger partial charge in [0, 0.05) is 4.90 Å². The van der Waals surface area contributed by atoms with Crippen molar-refractivity contribution in [3.63, 3.8) is 0 Å². The highest BCUT2D eigenvalue weighted by Gasteiger charge is 2.15. The Morgan fingerprint density at radius 2 is 2.27 bits per heavy atom. The van der Waals surface area contributed by atoms with Crippen molar-refractivity contribution in [2.24, 2.45) is 0 Å². The maximum atomic E-state index is 11.5. The van der Waals surface area contributed by atoms with Crippen LogP contribution in [0.25, 0.3) is 0 Å². The summed E-state index contributed by atoms with van der Waals surface area (Å²) < 4.78 is 4.85. The number of benzene rings is 1. The van der Waals surface area contributed by atoms with Gasteiger partial charge in [0.05, 0.1) is 17.7 Å². The first kappa shape index (κ1) is 11.6. The minimum Gasteiger partial charge on any atom is -0.462 e. The number of carbonyl (C=O) groups is 1. The minimum absolute atomic E-state index is 0.297. The first-order valence-electron chi connectivity index (χ1n) is 4.51. The molecule has 3 nitrogen and oxygen atoms in total. The Hall–Kier alpha value is -1.47. The van der Waals surface area contributed by atoms with E-state index in [1.165, 1.54) is 0 Å². The molecule has 0 amide bonds. The van der Waals surface area contributed by atoms with E-state index in [1.54, 1.807) is 26.0 Å². The second-order valence-electron chi connectivity index (χ2n) is 2.96. The zero-order chi connectivity index (χ0) is 11.4. The van der Waals surface area contributed by atoms with Gasteiger partial charge in [-0.05, 0) is 31.5 Å². The zero-order valence-electron chi connectivity index (χ0n) is 8.57. The van der Waals surface area contributed by atoms with Gasteiger partial charge in [-0.25, -0.2) is 4.79 Å². The quantitative estimate of drug-likeness (QED) is 0.616. The van der Waals surface area contributed by atoms with Crippen molar-refractivity contribution in [2.75, 3.05) is 6.61 Å². The van der Waals surface area contributed by atoms with Gasteiger partial charge in [-0.3, -0.25) is 0 Å². The Morgan fingerprint density at radius 3 is 2.80 bits per heavy atom. The van der Waals surface area contributed by atoms with E-state index in [4.69, 9.17) is 10.00 Å². The maximum Gasteiger partial charge on any atom is 0.339 e. The topological polar surface area (TPSA) is 50.1 Å². The van der Waals surface area contributed by atoms with Crippen LogP contribution in [0.2, 0.25) is 0 Å². The third-order valence-electron chi connectivity index (χ3n) is 2.04. The molecule has 15 heavy (non-hydrogen) atoms. The van der Waals surface area contributed by atoms with E-state index in [2.05, 4.69) is 12.6 Å². The van der Waals surface area contributed by atoms with Crippen molar-refractivity contribution < 1.29 is 9.53 Å². The smallest absolute Gasteiger partial charge is 0.339 e. The van der Waals surface area contributed by atoms with Gasteiger partial charge in [-0.1, -0.05) is 0 Å². The molecule has 1 rings (SSSR count). The number of hydrogen-bond donors (Lipinski definition) is 1. The monoisotopic (exact) mass is 221 g/mol. The summed E-state index contributed by atoms with van der Waals surface area (Å²) in [5.74, 6) is -0.467. The van der Waals surface area contributed by atoms with E-state index >= 15 is 0 Å². The molecule has 1 aromatic rings. The fourth-order valence-electron chi connectivity index (χ4n) is 1.22. The second kappa shape index (κ2) is 4.85. The van der Waals surface area contributed by atoms with Crippen LogP contribution in [-0.4, -0.2) is 12.6 Å². The summed E-state index contributed by atoms with van der Waals surface area (Å²) in [5.41, 5.74) is 1.34. The number of hydrogen-bond acceptors (Lipinski definition) is 4. The van der Waals surface area contributed by atoms with E-state index in [1.807, 2.05) is 6.07 Å². The predicted octanol–water partition coefficient (Wildman–Crippen LogP) is 2.33. The van der Waals surface area contributed by atoms with Crippen LogP contribution in [0.1, 0.15) is 28.4 Å². The molecule has 0 radical (unpaired) electrons. The van der Waals surface area contributed by atoms with Gasteiger partial charge in [0.2, 0.25) is 0 Å². The summed E-state index contributed by atoms with van der Waals surface area (Å²) in [6.07, 6.45) is 0. The molecule has 78 valence electrons. The lowest BCUT2D eigenvalue weighted by molar-refractivity contribution is 0.0526. The lowest BCUT2D eigenvalue weighted by Crippen LogP contribution is -2.08. The predicted molar refractivity (Wildman–Crippen MR) is 59.1 cm³/mol. The second-order valence-corrected chi connectivity index (χ2v) is 3.45. The summed E-state index contributed by atoms with van der Waals surface area (Å²) in [5, 5.41) is 8.95. The Morgan fingerprint density at radius 1 is 1.60 bits per heavy atom. The summed E-state index contributed by atoms with van der Waals surface area (Å²) in [6, 6.07) is 5.24. The molecule has 0 aliphatic heterocycles. The molecule has 0 atom stereocenters. The summed E-state index contributed by atoms with van der Waals surface area (Å²) in [6.45, 7) is 3.78. The van der Waals surface area contributed by atoms with Gasteiger partial charge in [0.15, 0.2) is 0 Å². The molecule has 0 N–H and O–H groups in total. The highest BCUT2D eigenvalue weighted by atomic mass is 32.1. The molecule has 0 heterocycles. The van der Waals surface area contributed by atoms with Crippen LogP contribution in [0.15, 0.2) is 17.0 Å². The van der Waals surface area contributed by atoms with Crippen LogP contribution >= 0.6 is 12.6 Å². The highest BCUT2D eigenvalue weighted by molar-refractivity contribution is 7.80. The molecule has 0 spiro atoms. The SMILES string of the molecule is CCOC(=O)c1ccc(S)c(C)c1C#N. The lowest BCUT2D eigenvalue weighted by Gasteiger charge is -2.07. The number of nitrogens with zero attached hydrogens (tertiary/aromatic N) is 1. The van der Waals surface area contributed by atoms with Crippen molar-refractivity contribution in [3.8, 4) is 6.07 Å². The van der Waals surface area contributed by atoms with E-state index < -0.39 is 5.97 Å². The van der Waals surface area contributed by atoms with Gasteiger partial charge >= 0.3 is 5.97 Å². The average Bonchev–Trinajstić information content (AvgIpc) is 2.22. The molecule has 0 bridgehead atoms. The highest BCUT2D eigenvalue weighted by Crippen LogP contribution is 2.21. The molecule has 0 saturated carbocycles. The van der Waals surface area contributed by atoms with Crippen molar-refractivity contribution in [3.05, 3.63) is 28.8 Å². The lowest BCUT2D eigenvalue weighted by atomic mass is 10.0. The van der Waals surface area contributed by atoms with Crippen molar-refractivity contribution in [2.45, 2.75) is 18.7 Å². The number of rotatable bonds is 2. The standard InChI is InChI=1S/C11H11NO2S/c1-3-14-11(13)8-4-5-10(15)7(2)9(8)6-12/h4-5,15H,3H2,1-2H3. The molecular formula is C11H11NO2S. The fourth-order valence-corrected chi connectivity index (χ4v) is 1.41. The molecule has 4 heteroatoms. The number of esters is 1. The van der Waals surface area contributed by atoms with Gasteiger partial charge in [-0.15, -0.1) is 12.6 Å². The molecule has 0 unspecified atom stereocenters. The fraction of sp³-hybridized carbons (Fsp3) is 0.273. The Kier molecular flexibility index (Phi) is 3.75. The van der Waals surface area contributed by atoms with E-state index in [0.29, 0.717) is 28.2 Å². The summed E-state index contributed by atoms with van der Waals surface area (Å²) in [4.78, 5) is 12.2. The van der Waals surface area contributed by atoms with Crippen molar-refractivity contribution >= 4 is 18.6 Å². The van der Waals surface area contributed by atoms with Crippen LogP contribution in [0.3, 0.4) is 0 Å². The Balaban J connectivity index is 3.26. The van der Waals surface area contributed by atoms with Crippen LogP contribution in [-0.2, 0) is 4.74 Å². The van der Waals surface area contributed by atoms with E-state index in [-0.39, 0.29) is 0 Å². The third-order valence-corrected chi connectivity index (χ3v) is 2.53. The first-order valence-corrected chi connectivity index (χ1v) is 4.96. The Bertz CT molecular complexity index is 435. The molecule has 1 aromatic carbocycles. The summed E-state index contributed by atoms with van der Waals surface area (Å²) >= 11 is 4.19. The number of carbonyl (C=O) groups excluding carboxylic acids is 1. The molecule has 0 aliphatic carbocycles. The van der Waals surface area contributed by atoms with Crippen LogP contribution < -0.4 is 0 Å². The van der Waals surface area contributed by atoms with Gasteiger partial charge < -0.3 is 4.74 Å². The number of thiol groups is 1. The zero-order valence-corrected chi connectivity index (χ0v) is 9.47. The van der Waals surface area contributed by atoms with Crippen molar-refractivity contribution in [1.29, 1.82) is 5.26 Å². The number of ether oxygens (including phenoxy) is 1. The third kappa shape index (κ3) is 2.31. The van der Waals surface area contributed by atoms with Gasteiger partial charge in [0.1, 0.15) is 6.07 Å². The van der Waals surface area contributed by atoms with Gasteiger partial charge in [-0.2, -0.15) is 5.26 Å². The number of nitriles is 1. The van der Waals surface area contributed by atoms with Crippen LogP contribution in [0.4, 0.5) is 0 Å². The van der Waals surface area contributed by atoms with Gasteiger partial charge in [0.25, 0.3) is 0 Å². The Labute approximate surface area is 94.1 Å². The van der Waals surface area contributed by atoms with Crippen LogP contribution in [0.5, 0.6) is 0 Å². The molecule has 0 aliphatic rings. The van der Waals surface area contributed by atoms with E-state index in [9.17, 15) is 4.79 Å². The molecule has 0 fully saturated rings. The average molecular weight is 221 g/mol. The normalized spacial score (nSPS) is 9.47. The first-order chi connectivity index (χ1) is 7.11. The minimum atomic E-state index is -0.467. The maximum absolute atomic E-state index is 11.5. The molecular weight excluding hydrogens is 210 g/mol.